The van der Waals surface area contributed by atoms with E-state index < -0.39 is 0 Å². The minimum absolute atomic E-state index is 0.232. The molecule has 2 nitrogen and oxygen atoms in total. The fourth-order valence-electron chi connectivity index (χ4n) is 2.54. The molecule has 88 valence electrons. The molecule has 17 heavy (non-hydrogen) atoms. The molecule has 0 bridgehead atoms. The lowest BCUT2D eigenvalue weighted by molar-refractivity contribution is -0.123. The molecule has 2 rings (SSSR count). The van der Waals surface area contributed by atoms with Crippen molar-refractivity contribution >= 4 is 5.78 Å². The Balaban J connectivity index is 2.05. The predicted octanol–water partition coefficient (Wildman–Crippen LogP) is 3.25. The zero-order chi connectivity index (χ0) is 12.1. The van der Waals surface area contributed by atoms with E-state index in [1.165, 1.54) is 19.3 Å². The van der Waals surface area contributed by atoms with Crippen molar-refractivity contribution in [3.8, 4) is 6.07 Å². The van der Waals surface area contributed by atoms with Crippen molar-refractivity contribution in [1.82, 2.24) is 0 Å². The van der Waals surface area contributed by atoms with Crippen molar-refractivity contribution in [2.24, 2.45) is 5.92 Å². The van der Waals surface area contributed by atoms with E-state index in [4.69, 9.17) is 5.26 Å². The normalized spacial score (nSPS) is 16.4. The molecule has 0 aromatic heterocycles. The van der Waals surface area contributed by atoms with Crippen molar-refractivity contribution in [2.75, 3.05) is 0 Å². The summed E-state index contributed by atoms with van der Waals surface area (Å²) in [5.41, 5.74) is 1.52. The van der Waals surface area contributed by atoms with E-state index in [1.54, 1.807) is 6.07 Å². The maximum Gasteiger partial charge on any atom is 0.140 e. The van der Waals surface area contributed by atoms with Crippen LogP contribution < -0.4 is 0 Å². The molecular weight excluding hydrogens is 210 g/mol. The van der Waals surface area contributed by atoms with Crippen molar-refractivity contribution in [2.45, 2.75) is 38.5 Å². The Labute approximate surface area is 102 Å². The highest BCUT2D eigenvalue weighted by Crippen LogP contribution is 2.25. The molecular formula is C15H17NO. The van der Waals surface area contributed by atoms with E-state index in [9.17, 15) is 4.79 Å². The number of nitrogens with zero attached hydrogens (tertiary/aromatic N) is 1. The van der Waals surface area contributed by atoms with Crippen molar-refractivity contribution < 1.29 is 4.79 Å². The van der Waals surface area contributed by atoms with Gasteiger partial charge in [0.15, 0.2) is 0 Å². The first-order chi connectivity index (χ1) is 8.31. The summed E-state index contributed by atoms with van der Waals surface area (Å²) in [5.74, 6) is 0.544. The van der Waals surface area contributed by atoms with E-state index in [0.717, 1.165) is 18.4 Å². The number of hydrogen-bond donors (Lipinski definition) is 0. The smallest absolute Gasteiger partial charge is 0.140 e. The summed E-state index contributed by atoms with van der Waals surface area (Å²) in [6.45, 7) is 0. The number of benzene rings is 1. The first kappa shape index (κ1) is 11.9. The molecule has 0 spiro atoms. The van der Waals surface area contributed by atoms with Gasteiger partial charge in [-0.05, 0) is 24.5 Å². The molecule has 1 saturated carbocycles. The van der Waals surface area contributed by atoms with Gasteiger partial charge in [-0.3, -0.25) is 4.79 Å². The third kappa shape index (κ3) is 2.94. The second kappa shape index (κ2) is 5.63. The van der Waals surface area contributed by atoms with E-state index >= 15 is 0 Å². The van der Waals surface area contributed by atoms with E-state index in [2.05, 4.69) is 6.07 Å². The molecule has 0 N–H and O–H groups in total. The Morgan fingerprint density at radius 3 is 2.65 bits per heavy atom. The molecule has 0 aliphatic heterocycles. The lowest BCUT2D eigenvalue weighted by Gasteiger charge is -2.20. The van der Waals surface area contributed by atoms with E-state index in [-0.39, 0.29) is 5.92 Å². The SMILES string of the molecule is N#Cc1ccccc1CC(=O)C1CCCCC1. The number of hydrogen-bond acceptors (Lipinski definition) is 2. The molecule has 0 unspecified atom stereocenters. The molecule has 2 heteroatoms. The van der Waals surface area contributed by atoms with Gasteiger partial charge in [-0.1, -0.05) is 37.5 Å². The molecule has 1 aromatic rings. The molecule has 1 aliphatic carbocycles. The van der Waals surface area contributed by atoms with Gasteiger partial charge in [0, 0.05) is 12.3 Å². The molecule has 1 fully saturated rings. The zero-order valence-corrected chi connectivity index (χ0v) is 9.98. The van der Waals surface area contributed by atoms with Gasteiger partial charge in [-0.15, -0.1) is 0 Å². The van der Waals surface area contributed by atoms with Gasteiger partial charge in [0.2, 0.25) is 0 Å². The van der Waals surface area contributed by atoms with Gasteiger partial charge >= 0.3 is 0 Å². The van der Waals surface area contributed by atoms with Crippen molar-refractivity contribution in [1.29, 1.82) is 5.26 Å². The number of rotatable bonds is 3. The molecule has 0 saturated heterocycles. The fraction of sp³-hybridized carbons (Fsp3) is 0.467. The Kier molecular flexibility index (Phi) is 3.93. The minimum atomic E-state index is 0.232. The quantitative estimate of drug-likeness (QED) is 0.795. The van der Waals surface area contributed by atoms with E-state index in [0.29, 0.717) is 17.8 Å². The summed E-state index contributed by atoms with van der Waals surface area (Å²) >= 11 is 0. The number of ketones is 1. The highest BCUT2D eigenvalue weighted by atomic mass is 16.1. The number of Topliss-reactive ketones (excluding diaryl/α,β-unsaturated/α-hetero) is 1. The van der Waals surface area contributed by atoms with Crippen LogP contribution in [0, 0.1) is 17.2 Å². The number of nitriles is 1. The predicted molar refractivity (Wildman–Crippen MR) is 66.4 cm³/mol. The van der Waals surface area contributed by atoms with Crippen LogP contribution in [-0.4, -0.2) is 5.78 Å². The van der Waals surface area contributed by atoms with Crippen LogP contribution in [0.5, 0.6) is 0 Å². The highest BCUT2D eigenvalue weighted by molar-refractivity contribution is 5.83. The second-order valence-corrected chi connectivity index (χ2v) is 4.75. The Morgan fingerprint density at radius 2 is 1.94 bits per heavy atom. The van der Waals surface area contributed by atoms with Gasteiger partial charge in [0.25, 0.3) is 0 Å². The molecule has 1 aromatic carbocycles. The van der Waals surface area contributed by atoms with Crippen LogP contribution >= 0.6 is 0 Å². The molecule has 0 amide bonds. The average molecular weight is 227 g/mol. The third-order valence-corrected chi connectivity index (χ3v) is 3.56. The van der Waals surface area contributed by atoms with Gasteiger partial charge in [-0.2, -0.15) is 5.26 Å². The molecule has 0 heterocycles. The molecule has 1 aliphatic rings. The summed E-state index contributed by atoms with van der Waals surface area (Å²) in [4.78, 5) is 12.1. The molecule has 0 radical (unpaired) electrons. The average Bonchev–Trinajstić information content (AvgIpc) is 2.40. The summed E-state index contributed by atoms with van der Waals surface area (Å²) in [5, 5.41) is 8.98. The largest absolute Gasteiger partial charge is 0.299 e. The lowest BCUT2D eigenvalue weighted by Crippen LogP contribution is -2.19. The Hall–Kier alpha value is -1.62. The summed E-state index contributed by atoms with van der Waals surface area (Å²) in [6.07, 6.45) is 6.11. The zero-order valence-electron chi connectivity index (χ0n) is 9.98. The van der Waals surface area contributed by atoms with Crippen molar-refractivity contribution in [3.63, 3.8) is 0 Å². The Morgan fingerprint density at radius 1 is 1.24 bits per heavy atom. The second-order valence-electron chi connectivity index (χ2n) is 4.75. The first-order valence-corrected chi connectivity index (χ1v) is 6.32. The standard InChI is InChI=1S/C15H17NO/c16-11-14-9-5-4-8-13(14)10-15(17)12-6-2-1-3-7-12/h4-5,8-9,12H,1-3,6-7,10H2. The lowest BCUT2D eigenvalue weighted by atomic mass is 9.84. The summed E-state index contributed by atoms with van der Waals surface area (Å²) in [7, 11) is 0. The highest BCUT2D eigenvalue weighted by Gasteiger charge is 2.21. The van der Waals surface area contributed by atoms with Gasteiger partial charge in [0.1, 0.15) is 5.78 Å². The van der Waals surface area contributed by atoms with Gasteiger partial charge in [0.05, 0.1) is 11.6 Å². The Bertz CT molecular complexity index is 438. The van der Waals surface area contributed by atoms with Crippen LogP contribution in [-0.2, 0) is 11.2 Å². The van der Waals surface area contributed by atoms with Crippen LogP contribution in [0.25, 0.3) is 0 Å². The van der Waals surface area contributed by atoms with Gasteiger partial charge in [-0.25, -0.2) is 0 Å². The van der Waals surface area contributed by atoms with Crippen LogP contribution in [0.2, 0.25) is 0 Å². The van der Waals surface area contributed by atoms with Crippen LogP contribution in [0.4, 0.5) is 0 Å². The topological polar surface area (TPSA) is 40.9 Å². The fourth-order valence-corrected chi connectivity index (χ4v) is 2.54. The van der Waals surface area contributed by atoms with Crippen LogP contribution in [0.3, 0.4) is 0 Å². The minimum Gasteiger partial charge on any atom is -0.299 e. The first-order valence-electron chi connectivity index (χ1n) is 6.32. The van der Waals surface area contributed by atoms with Crippen LogP contribution in [0.1, 0.15) is 43.2 Å². The number of carbonyl (C=O) groups is 1. The maximum atomic E-state index is 12.1. The van der Waals surface area contributed by atoms with E-state index in [1.807, 2.05) is 18.2 Å². The summed E-state index contributed by atoms with van der Waals surface area (Å²) < 4.78 is 0. The maximum absolute atomic E-state index is 12.1. The third-order valence-electron chi connectivity index (χ3n) is 3.56. The summed E-state index contributed by atoms with van der Waals surface area (Å²) in [6, 6.07) is 9.55. The monoisotopic (exact) mass is 227 g/mol. The van der Waals surface area contributed by atoms with Gasteiger partial charge < -0.3 is 0 Å². The number of carbonyl (C=O) groups excluding carboxylic acids is 1. The van der Waals surface area contributed by atoms with Crippen LogP contribution in [0.15, 0.2) is 24.3 Å². The molecule has 0 atom stereocenters. The van der Waals surface area contributed by atoms with Crippen molar-refractivity contribution in [3.05, 3.63) is 35.4 Å².